The van der Waals surface area contributed by atoms with Crippen LogP contribution in [-0.4, -0.2) is 37.1 Å². The molecule has 2 unspecified atom stereocenters. The van der Waals surface area contributed by atoms with Gasteiger partial charge in [0.2, 0.25) is 0 Å². The van der Waals surface area contributed by atoms with Gasteiger partial charge in [0.25, 0.3) is 5.52 Å². The number of aliphatic carboxylic acids is 1. The highest BCUT2D eigenvalue weighted by Gasteiger charge is 2.21. The molecule has 0 aliphatic heterocycles. The van der Waals surface area contributed by atoms with E-state index in [9.17, 15) is 9.59 Å². The Kier molecular flexibility index (Phi) is 4.30. The van der Waals surface area contributed by atoms with Crippen LogP contribution in [0.5, 0.6) is 0 Å². The highest BCUT2D eigenvalue weighted by molar-refractivity contribution is 7.72. The second-order valence-electron chi connectivity index (χ2n) is 2.26. The fourth-order valence-corrected chi connectivity index (χ4v) is 1.50. The summed E-state index contributed by atoms with van der Waals surface area (Å²) < 4.78 is 5.01. The third kappa shape index (κ3) is 4.12. The fraction of sp³-hybridized carbons (Fsp3) is 0.600. The molecule has 0 aromatic rings. The SMILES string of the molecule is BC(C)OP(C)C(=O)C(=O)O. The Morgan fingerprint density at radius 3 is 2.36 bits per heavy atom. The van der Waals surface area contributed by atoms with Crippen molar-refractivity contribution < 1.29 is 19.2 Å². The van der Waals surface area contributed by atoms with Crippen LogP contribution in [0, 0.1) is 0 Å². The maximum atomic E-state index is 10.7. The van der Waals surface area contributed by atoms with Crippen molar-refractivity contribution in [1.82, 2.24) is 0 Å². The Labute approximate surface area is 67.2 Å². The molecule has 0 fully saturated rings. The molecule has 0 saturated heterocycles. The van der Waals surface area contributed by atoms with Crippen molar-refractivity contribution in [2.45, 2.75) is 12.9 Å². The van der Waals surface area contributed by atoms with Gasteiger partial charge < -0.3 is 9.63 Å². The van der Waals surface area contributed by atoms with Crippen LogP contribution in [0.15, 0.2) is 0 Å². The van der Waals surface area contributed by atoms with Crippen molar-refractivity contribution >= 4 is 27.5 Å². The molecule has 0 saturated carbocycles. The first-order valence-corrected chi connectivity index (χ1v) is 4.83. The summed E-state index contributed by atoms with van der Waals surface area (Å²) in [6.45, 7) is 3.25. The number of hydrogen-bond acceptors (Lipinski definition) is 3. The number of carbonyl (C=O) groups is 2. The van der Waals surface area contributed by atoms with Gasteiger partial charge in [0, 0.05) is 6.00 Å². The Bertz CT molecular complexity index is 170. The third-order valence-electron chi connectivity index (χ3n) is 0.838. The smallest absolute Gasteiger partial charge is 0.379 e. The van der Waals surface area contributed by atoms with Crippen molar-refractivity contribution in [3.8, 4) is 0 Å². The normalized spacial score (nSPS) is 15.5. The highest BCUT2D eigenvalue weighted by Crippen LogP contribution is 2.33. The summed E-state index contributed by atoms with van der Waals surface area (Å²) in [5, 5.41) is 8.25. The molecular weight excluding hydrogens is 166 g/mol. The number of carboxylic acids is 1. The van der Waals surface area contributed by atoms with Gasteiger partial charge in [-0.3, -0.25) is 4.79 Å². The van der Waals surface area contributed by atoms with E-state index in [2.05, 4.69) is 0 Å². The second-order valence-corrected chi connectivity index (χ2v) is 3.87. The lowest BCUT2D eigenvalue weighted by molar-refractivity contribution is -0.145. The summed E-state index contributed by atoms with van der Waals surface area (Å²) in [6.07, 6.45) is 0. The minimum atomic E-state index is -1.46. The molecule has 0 aromatic heterocycles. The van der Waals surface area contributed by atoms with E-state index in [0.717, 1.165) is 0 Å². The average molecular weight is 176 g/mol. The molecule has 0 amide bonds. The monoisotopic (exact) mass is 176 g/mol. The summed E-state index contributed by atoms with van der Waals surface area (Å²) in [5.41, 5.74) is -0.839. The number of rotatable bonds is 4. The zero-order chi connectivity index (χ0) is 9.02. The lowest BCUT2D eigenvalue weighted by atomic mass is 10.0. The van der Waals surface area contributed by atoms with Gasteiger partial charge in [-0.1, -0.05) is 0 Å². The molecule has 11 heavy (non-hydrogen) atoms. The molecule has 0 rings (SSSR count). The molecule has 0 aromatic carbocycles. The van der Waals surface area contributed by atoms with Crippen LogP contribution in [0.3, 0.4) is 0 Å². The van der Waals surface area contributed by atoms with E-state index in [1.807, 2.05) is 0 Å². The minimum Gasteiger partial charge on any atom is -0.475 e. The Morgan fingerprint density at radius 1 is 1.64 bits per heavy atom. The third-order valence-corrected chi connectivity index (χ3v) is 2.34. The van der Waals surface area contributed by atoms with Gasteiger partial charge in [-0.05, 0) is 13.6 Å². The first kappa shape index (κ1) is 10.6. The zero-order valence-electron chi connectivity index (χ0n) is 6.70. The molecule has 2 atom stereocenters. The molecular formula is C5H10BO4P. The molecule has 0 aliphatic rings. The van der Waals surface area contributed by atoms with E-state index in [1.165, 1.54) is 6.66 Å². The van der Waals surface area contributed by atoms with Crippen molar-refractivity contribution in [1.29, 1.82) is 0 Å². The largest absolute Gasteiger partial charge is 0.475 e. The van der Waals surface area contributed by atoms with Crippen LogP contribution < -0.4 is 0 Å². The second kappa shape index (κ2) is 4.47. The summed E-state index contributed by atoms with van der Waals surface area (Å²) >= 11 is 0. The Balaban J connectivity index is 3.93. The van der Waals surface area contributed by atoms with E-state index in [1.54, 1.807) is 14.8 Å². The molecule has 0 aliphatic carbocycles. The van der Waals surface area contributed by atoms with Crippen molar-refractivity contribution in [2.75, 3.05) is 6.66 Å². The van der Waals surface area contributed by atoms with Gasteiger partial charge in [-0.15, -0.1) is 0 Å². The van der Waals surface area contributed by atoms with E-state index in [4.69, 9.17) is 9.63 Å². The summed E-state index contributed by atoms with van der Waals surface area (Å²) in [6, 6.07) is -0.102. The standard InChI is InChI=1S/C5H10BO4P/c1-3(6)10-11(2)5(9)4(7)8/h3H,6H2,1-2H3,(H,7,8). The first-order chi connectivity index (χ1) is 4.95. The van der Waals surface area contributed by atoms with E-state index in [0.29, 0.717) is 0 Å². The fourth-order valence-electron chi connectivity index (χ4n) is 0.499. The molecule has 62 valence electrons. The molecule has 0 bridgehead atoms. The quantitative estimate of drug-likeness (QED) is 0.360. The lowest BCUT2D eigenvalue weighted by Crippen LogP contribution is -2.14. The van der Waals surface area contributed by atoms with Crippen LogP contribution in [0.4, 0.5) is 0 Å². The van der Waals surface area contributed by atoms with Crippen LogP contribution in [0.2, 0.25) is 0 Å². The van der Waals surface area contributed by atoms with Gasteiger partial charge in [0.05, 0.1) is 0 Å². The number of carbonyl (C=O) groups excluding carboxylic acids is 1. The van der Waals surface area contributed by atoms with Crippen LogP contribution in [-0.2, 0) is 14.1 Å². The van der Waals surface area contributed by atoms with Crippen LogP contribution >= 0.6 is 8.15 Å². The van der Waals surface area contributed by atoms with Crippen LogP contribution in [0.25, 0.3) is 0 Å². The summed E-state index contributed by atoms with van der Waals surface area (Å²) in [4.78, 5) is 20.8. The molecule has 0 radical (unpaired) electrons. The Morgan fingerprint density at radius 2 is 2.09 bits per heavy atom. The zero-order valence-corrected chi connectivity index (χ0v) is 7.59. The van der Waals surface area contributed by atoms with Gasteiger partial charge in [-0.25, -0.2) is 4.79 Å². The highest BCUT2D eigenvalue weighted by atomic mass is 31.1. The van der Waals surface area contributed by atoms with Crippen molar-refractivity contribution in [3.63, 3.8) is 0 Å². The summed E-state index contributed by atoms with van der Waals surface area (Å²) in [5.74, 6) is -1.42. The topological polar surface area (TPSA) is 63.6 Å². The maximum absolute atomic E-state index is 10.7. The molecule has 6 heteroatoms. The van der Waals surface area contributed by atoms with Gasteiger partial charge >= 0.3 is 5.97 Å². The van der Waals surface area contributed by atoms with E-state index >= 15 is 0 Å². The average Bonchev–Trinajstić information content (AvgIpc) is 1.84. The minimum absolute atomic E-state index is 0.102. The van der Waals surface area contributed by atoms with Crippen molar-refractivity contribution in [2.24, 2.45) is 0 Å². The number of hydrogen-bond donors (Lipinski definition) is 1. The number of carboxylic acid groups (broad SMARTS) is 1. The van der Waals surface area contributed by atoms with E-state index in [-0.39, 0.29) is 6.00 Å². The predicted molar refractivity (Wildman–Crippen MR) is 44.6 cm³/mol. The van der Waals surface area contributed by atoms with Gasteiger partial charge in [0.1, 0.15) is 16.0 Å². The van der Waals surface area contributed by atoms with Crippen LogP contribution in [0.1, 0.15) is 6.92 Å². The molecule has 1 N–H and O–H groups in total. The predicted octanol–water partition coefficient (Wildman–Crippen LogP) is -0.380. The maximum Gasteiger partial charge on any atom is 0.379 e. The molecule has 4 nitrogen and oxygen atoms in total. The van der Waals surface area contributed by atoms with E-state index < -0.39 is 19.6 Å². The Hall–Kier alpha value is -0.405. The summed E-state index contributed by atoms with van der Waals surface area (Å²) in [7, 11) is 0.299. The van der Waals surface area contributed by atoms with Gasteiger partial charge in [-0.2, -0.15) is 0 Å². The van der Waals surface area contributed by atoms with Gasteiger partial charge in [0.15, 0.2) is 0 Å². The lowest BCUT2D eigenvalue weighted by Gasteiger charge is -2.11. The molecule has 0 heterocycles. The first-order valence-electron chi connectivity index (χ1n) is 3.13. The molecule has 0 spiro atoms. The van der Waals surface area contributed by atoms with Crippen molar-refractivity contribution in [3.05, 3.63) is 0 Å².